The van der Waals surface area contributed by atoms with Gasteiger partial charge in [-0.15, -0.1) is 0 Å². The molecule has 16 heavy (non-hydrogen) atoms. The summed E-state index contributed by atoms with van der Waals surface area (Å²) in [6.07, 6.45) is 1.13. The molecule has 0 bridgehead atoms. The number of aryl methyl sites for hydroxylation is 1. The Bertz CT molecular complexity index is 353. The predicted molar refractivity (Wildman–Crippen MR) is 67.9 cm³/mol. The van der Waals surface area contributed by atoms with E-state index in [1.54, 1.807) is 7.11 Å². The molecule has 4 heteroatoms. The molecule has 0 saturated carbocycles. The second kappa shape index (κ2) is 6.43. The molecule has 0 aliphatic heterocycles. The summed E-state index contributed by atoms with van der Waals surface area (Å²) in [6.45, 7) is 1.82. The number of ether oxygens (including phenoxy) is 1. The molecule has 1 aromatic carbocycles. The highest BCUT2D eigenvalue weighted by molar-refractivity contribution is 7.80. The van der Waals surface area contributed by atoms with E-state index in [1.807, 2.05) is 31.2 Å². The Morgan fingerprint density at radius 3 is 2.81 bits per heavy atom. The predicted octanol–water partition coefficient (Wildman–Crippen LogP) is 2.02. The first kappa shape index (κ1) is 12.9. The lowest BCUT2D eigenvalue weighted by molar-refractivity contribution is -0.121. The number of hydrogen-bond acceptors (Lipinski definition) is 3. The molecule has 0 saturated heterocycles. The van der Waals surface area contributed by atoms with Gasteiger partial charge < -0.3 is 10.1 Å². The van der Waals surface area contributed by atoms with Gasteiger partial charge in [-0.25, -0.2) is 0 Å². The molecule has 0 spiro atoms. The summed E-state index contributed by atoms with van der Waals surface area (Å²) < 4.78 is 5.21. The molecule has 88 valence electrons. The molecule has 0 heterocycles. The molecule has 1 aromatic rings. The number of para-hydroxylation sites is 1. The van der Waals surface area contributed by atoms with Crippen LogP contribution in [0.25, 0.3) is 0 Å². The summed E-state index contributed by atoms with van der Waals surface area (Å²) in [5.74, 6) is 0.836. The van der Waals surface area contributed by atoms with E-state index >= 15 is 0 Å². The van der Waals surface area contributed by atoms with Gasteiger partial charge in [0, 0.05) is 6.42 Å². The maximum absolute atomic E-state index is 11.4. The SMILES string of the molecule is COc1ccccc1CCC(=O)NC(C)S. The molecule has 0 aliphatic carbocycles. The maximum atomic E-state index is 11.4. The van der Waals surface area contributed by atoms with Crippen molar-refractivity contribution in [3.63, 3.8) is 0 Å². The van der Waals surface area contributed by atoms with Gasteiger partial charge in [0.05, 0.1) is 12.5 Å². The zero-order valence-electron chi connectivity index (χ0n) is 9.56. The lowest BCUT2D eigenvalue weighted by Gasteiger charge is -2.09. The smallest absolute Gasteiger partial charge is 0.221 e. The molecular weight excluding hydrogens is 222 g/mol. The van der Waals surface area contributed by atoms with Crippen molar-refractivity contribution in [2.75, 3.05) is 7.11 Å². The first-order valence-corrected chi connectivity index (χ1v) is 5.74. The van der Waals surface area contributed by atoms with Crippen LogP contribution in [0.15, 0.2) is 24.3 Å². The number of methoxy groups -OCH3 is 1. The van der Waals surface area contributed by atoms with Crippen LogP contribution in [0.1, 0.15) is 18.9 Å². The van der Waals surface area contributed by atoms with Crippen molar-refractivity contribution in [2.24, 2.45) is 0 Å². The summed E-state index contributed by atoms with van der Waals surface area (Å²) in [4.78, 5) is 11.4. The second-order valence-electron chi connectivity index (χ2n) is 3.56. The normalized spacial score (nSPS) is 11.9. The molecule has 1 atom stereocenters. The van der Waals surface area contributed by atoms with Crippen LogP contribution in [-0.4, -0.2) is 18.4 Å². The summed E-state index contributed by atoms with van der Waals surface area (Å²) in [6, 6.07) is 7.72. The average molecular weight is 239 g/mol. The highest BCUT2D eigenvalue weighted by atomic mass is 32.1. The van der Waals surface area contributed by atoms with E-state index in [2.05, 4.69) is 17.9 Å². The lowest BCUT2D eigenvalue weighted by Crippen LogP contribution is -2.28. The highest BCUT2D eigenvalue weighted by Gasteiger charge is 2.06. The summed E-state index contributed by atoms with van der Waals surface area (Å²) in [5.41, 5.74) is 1.05. The third-order valence-electron chi connectivity index (χ3n) is 2.18. The number of thiol groups is 1. The second-order valence-corrected chi connectivity index (χ2v) is 4.33. The number of hydrogen-bond donors (Lipinski definition) is 2. The molecule has 1 amide bonds. The van der Waals surface area contributed by atoms with E-state index < -0.39 is 0 Å². The topological polar surface area (TPSA) is 38.3 Å². The Morgan fingerprint density at radius 1 is 1.50 bits per heavy atom. The van der Waals surface area contributed by atoms with Gasteiger partial charge >= 0.3 is 0 Å². The number of nitrogens with one attached hydrogen (secondary N) is 1. The minimum Gasteiger partial charge on any atom is -0.496 e. The summed E-state index contributed by atoms with van der Waals surface area (Å²) in [7, 11) is 1.63. The number of carbonyl (C=O) groups is 1. The van der Waals surface area contributed by atoms with Gasteiger partial charge in [0.2, 0.25) is 5.91 Å². The molecule has 0 aliphatic rings. The van der Waals surface area contributed by atoms with E-state index in [4.69, 9.17) is 4.74 Å². The molecule has 1 N–H and O–H groups in total. The summed E-state index contributed by atoms with van der Waals surface area (Å²) in [5, 5.41) is 2.63. The van der Waals surface area contributed by atoms with Crippen LogP contribution >= 0.6 is 12.6 Å². The Hall–Kier alpha value is -1.16. The van der Waals surface area contributed by atoms with Gasteiger partial charge in [-0.2, -0.15) is 12.6 Å². The van der Waals surface area contributed by atoms with Crippen LogP contribution in [0.4, 0.5) is 0 Å². The third kappa shape index (κ3) is 4.14. The molecule has 0 fully saturated rings. The molecule has 1 unspecified atom stereocenters. The van der Waals surface area contributed by atoms with Crippen LogP contribution in [0.3, 0.4) is 0 Å². The van der Waals surface area contributed by atoms with Crippen molar-refractivity contribution in [3.05, 3.63) is 29.8 Å². The maximum Gasteiger partial charge on any atom is 0.221 e. The van der Waals surface area contributed by atoms with Crippen molar-refractivity contribution in [2.45, 2.75) is 25.1 Å². The fourth-order valence-electron chi connectivity index (χ4n) is 1.46. The fourth-order valence-corrected chi connectivity index (χ4v) is 1.61. The average Bonchev–Trinajstić information content (AvgIpc) is 2.26. The van der Waals surface area contributed by atoms with Gasteiger partial charge in [-0.05, 0) is 25.0 Å². The van der Waals surface area contributed by atoms with Crippen molar-refractivity contribution in [3.8, 4) is 5.75 Å². The highest BCUT2D eigenvalue weighted by Crippen LogP contribution is 2.18. The largest absolute Gasteiger partial charge is 0.496 e. The molecule has 0 radical (unpaired) electrons. The Morgan fingerprint density at radius 2 is 2.19 bits per heavy atom. The lowest BCUT2D eigenvalue weighted by atomic mass is 10.1. The monoisotopic (exact) mass is 239 g/mol. The zero-order valence-corrected chi connectivity index (χ0v) is 10.5. The first-order chi connectivity index (χ1) is 7.63. The van der Waals surface area contributed by atoms with Crippen molar-refractivity contribution in [1.82, 2.24) is 5.32 Å². The standard InChI is InChI=1S/C12H17NO2S/c1-9(16)13-12(14)8-7-10-5-3-4-6-11(10)15-2/h3-6,9,16H,7-8H2,1-2H3,(H,13,14). The van der Waals surface area contributed by atoms with Gasteiger partial charge in [0.15, 0.2) is 0 Å². The van der Waals surface area contributed by atoms with E-state index in [0.29, 0.717) is 12.8 Å². The van der Waals surface area contributed by atoms with Gasteiger partial charge in [-0.3, -0.25) is 4.79 Å². The number of amides is 1. The van der Waals surface area contributed by atoms with Crippen LogP contribution in [0.2, 0.25) is 0 Å². The van der Waals surface area contributed by atoms with Crippen LogP contribution in [-0.2, 0) is 11.2 Å². The van der Waals surface area contributed by atoms with Crippen molar-refractivity contribution < 1.29 is 9.53 Å². The number of carbonyl (C=O) groups excluding carboxylic acids is 1. The fraction of sp³-hybridized carbons (Fsp3) is 0.417. The van der Waals surface area contributed by atoms with Crippen LogP contribution in [0, 0.1) is 0 Å². The van der Waals surface area contributed by atoms with E-state index in [1.165, 1.54) is 0 Å². The van der Waals surface area contributed by atoms with Crippen molar-refractivity contribution in [1.29, 1.82) is 0 Å². The molecule has 3 nitrogen and oxygen atoms in total. The zero-order chi connectivity index (χ0) is 12.0. The summed E-state index contributed by atoms with van der Waals surface area (Å²) >= 11 is 4.10. The van der Waals surface area contributed by atoms with Crippen LogP contribution < -0.4 is 10.1 Å². The Balaban J connectivity index is 2.51. The quantitative estimate of drug-likeness (QED) is 0.609. The molecule has 1 rings (SSSR count). The van der Waals surface area contributed by atoms with Gasteiger partial charge in [0.1, 0.15) is 5.75 Å². The van der Waals surface area contributed by atoms with E-state index in [9.17, 15) is 4.79 Å². The van der Waals surface area contributed by atoms with E-state index in [-0.39, 0.29) is 11.3 Å². The van der Waals surface area contributed by atoms with Gasteiger partial charge in [0.25, 0.3) is 0 Å². The van der Waals surface area contributed by atoms with E-state index in [0.717, 1.165) is 11.3 Å². The van der Waals surface area contributed by atoms with Gasteiger partial charge in [-0.1, -0.05) is 18.2 Å². The third-order valence-corrected chi connectivity index (χ3v) is 2.31. The number of benzene rings is 1. The minimum atomic E-state index is -0.106. The Labute approximate surface area is 102 Å². The van der Waals surface area contributed by atoms with Crippen molar-refractivity contribution >= 4 is 18.5 Å². The van der Waals surface area contributed by atoms with Crippen LogP contribution in [0.5, 0.6) is 5.75 Å². The molecular formula is C12H17NO2S. The molecule has 0 aromatic heterocycles. The minimum absolute atomic E-state index is 0.00778. The number of rotatable bonds is 5. The Kier molecular flexibility index (Phi) is 5.19. The first-order valence-electron chi connectivity index (χ1n) is 5.23.